The second-order valence-corrected chi connectivity index (χ2v) is 7.75. The Kier molecular flexibility index (Phi) is 5.78. The van der Waals surface area contributed by atoms with Crippen LogP contribution in [-0.4, -0.2) is 45.9 Å². The summed E-state index contributed by atoms with van der Waals surface area (Å²) in [5.74, 6) is 1.36. The summed E-state index contributed by atoms with van der Waals surface area (Å²) in [6, 6.07) is 12.4. The first-order valence-corrected chi connectivity index (χ1v) is 10.2. The van der Waals surface area contributed by atoms with Gasteiger partial charge in [-0.15, -0.1) is 10.2 Å². The number of carbonyl (C=O) groups excluding carboxylic acids is 1. The van der Waals surface area contributed by atoms with Crippen LogP contribution in [0.25, 0.3) is 11.5 Å². The molecule has 1 N–H and O–H groups in total. The smallest absolute Gasteiger partial charge is 0.277 e. The molecule has 146 valence electrons. The van der Waals surface area contributed by atoms with Crippen LogP contribution in [0.5, 0.6) is 0 Å². The molecule has 2 aromatic heterocycles. The first-order chi connectivity index (χ1) is 13.7. The van der Waals surface area contributed by atoms with Crippen molar-refractivity contribution in [2.24, 2.45) is 0 Å². The van der Waals surface area contributed by atoms with Crippen molar-refractivity contribution < 1.29 is 13.6 Å². The summed E-state index contributed by atoms with van der Waals surface area (Å²) in [5.41, 5.74) is 2.07. The second-order valence-electron chi connectivity index (χ2n) is 6.83. The van der Waals surface area contributed by atoms with Crippen molar-refractivity contribution in [2.75, 3.05) is 18.8 Å². The van der Waals surface area contributed by atoms with Gasteiger partial charge in [-0.3, -0.25) is 9.69 Å². The lowest BCUT2D eigenvalue weighted by molar-refractivity contribution is -0.119. The Morgan fingerprint density at radius 3 is 2.93 bits per heavy atom. The highest BCUT2D eigenvalue weighted by molar-refractivity contribution is 7.99. The van der Waals surface area contributed by atoms with E-state index in [1.807, 2.05) is 13.0 Å². The maximum atomic E-state index is 12.3. The molecular weight excluding hydrogens is 376 g/mol. The minimum absolute atomic E-state index is 0.0178. The Morgan fingerprint density at radius 2 is 2.14 bits per heavy atom. The van der Waals surface area contributed by atoms with E-state index < -0.39 is 0 Å². The van der Waals surface area contributed by atoms with E-state index in [-0.39, 0.29) is 17.7 Å². The van der Waals surface area contributed by atoms with Crippen molar-refractivity contribution in [3.63, 3.8) is 0 Å². The van der Waals surface area contributed by atoms with Gasteiger partial charge in [-0.2, -0.15) is 0 Å². The third kappa shape index (κ3) is 4.63. The summed E-state index contributed by atoms with van der Waals surface area (Å²) in [7, 11) is 0. The lowest BCUT2D eigenvalue weighted by atomic mass is 10.2. The molecule has 0 radical (unpaired) electrons. The summed E-state index contributed by atoms with van der Waals surface area (Å²) in [6.07, 6.45) is 2.55. The Balaban J connectivity index is 1.22. The highest BCUT2D eigenvalue weighted by Crippen LogP contribution is 2.26. The van der Waals surface area contributed by atoms with Crippen molar-refractivity contribution in [1.82, 2.24) is 20.4 Å². The van der Waals surface area contributed by atoms with Gasteiger partial charge in [0.2, 0.25) is 5.91 Å². The monoisotopic (exact) mass is 398 g/mol. The van der Waals surface area contributed by atoms with Crippen molar-refractivity contribution >= 4 is 17.7 Å². The lowest BCUT2D eigenvalue weighted by Crippen LogP contribution is -2.37. The van der Waals surface area contributed by atoms with Gasteiger partial charge in [0.15, 0.2) is 0 Å². The molecule has 3 aromatic rings. The predicted octanol–water partition coefficient (Wildman–Crippen LogP) is 3.12. The summed E-state index contributed by atoms with van der Waals surface area (Å²) in [6.45, 7) is 4.61. The number of likely N-dealkylation sites (tertiary alicyclic amines) is 1. The number of furan rings is 1. The van der Waals surface area contributed by atoms with Gasteiger partial charge in [0.1, 0.15) is 5.76 Å². The molecule has 1 amide bonds. The third-order valence-electron chi connectivity index (χ3n) is 4.71. The molecule has 1 atom stereocenters. The van der Waals surface area contributed by atoms with E-state index in [0.717, 1.165) is 37.4 Å². The van der Waals surface area contributed by atoms with Crippen molar-refractivity contribution in [3.8, 4) is 11.5 Å². The zero-order chi connectivity index (χ0) is 19.3. The van der Waals surface area contributed by atoms with Gasteiger partial charge in [0, 0.05) is 25.7 Å². The largest absolute Gasteiger partial charge is 0.469 e. The molecule has 4 rings (SSSR count). The highest BCUT2D eigenvalue weighted by atomic mass is 32.2. The summed E-state index contributed by atoms with van der Waals surface area (Å²) < 4.78 is 10.8. The molecule has 1 aliphatic heterocycles. The molecule has 0 aliphatic carbocycles. The maximum Gasteiger partial charge on any atom is 0.277 e. The fourth-order valence-electron chi connectivity index (χ4n) is 3.32. The minimum atomic E-state index is -0.0178. The highest BCUT2D eigenvalue weighted by Gasteiger charge is 2.24. The maximum absolute atomic E-state index is 12.3. The van der Waals surface area contributed by atoms with Gasteiger partial charge in [-0.1, -0.05) is 42.1 Å². The van der Waals surface area contributed by atoms with Crippen molar-refractivity contribution in [1.29, 1.82) is 0 Å². The fraction of sp³-hybridized carbons (Fsp3) is 0.350. The average Bonchev–Trinajstić information content (AvgIpc) is 3.42. The van der Waals surface area contributed by atoms with E-state index in [1.165, 1.54) is 17.3 Å². The minimum Gasteiger partial charge on any atom is -0.469 e. The fourth-order valence-corrected chi connectivity index (χ4v) is 3.89. The summed E-state index contributed by atoms with van der Waals surface area (Å²) in [5, 5.41) is 11.5. The molecular formula is C20H22N4O3S. The first kappa shape index (κ1) is 18.8. The van der Waals surface area contributed by atoms with Crippen molar-refractivity contribution in [3.05, 3.63) is 54.0 Å². The summed E-state index contributed by atoms with van der Waals surface area (Å²) >= 11 is 1.24. The molecule has 1 aromatic carbocycles. The van der Waals surface area contributed by atoms with Crippen molar-refractivity contribution in [2.45, 2.75) is 31.2 Å². The van der Waals surface area contributed by atoms with Crippen LogP contribution in [0.15, 0.2) is 56.7 Å². The van der Waals surface area contributed by atoms with E-state index in [4.69, 9.17) is 8.83 Å². The van der Waals surface area contributed by atoms with E-state index in [1.54, 1.807) is 12.3 Å². The Bertz CT molecular complexity index is 924. The van der Waals surface area contributed by atoms with Gasteiger partial charge >= 0.3 is 0 Å². The molecule has 1 unspecified atom stereocenters. The number of thioether (sulfide) groups is 1. The van der Waals surface area contributed by atoms with Gasteiger partial charge in [-0.25, -0.2) is 0 Å². The van der Waals surface area contributed by atoms with Crippen LogP contribution in [0.1, 0.15) is 17.7 Å². The van der Waals surface area contributed by atoms with Crippen LogP contribution >= 0.6 is 11.8 Å². The van der Waals surface area contributed by atoms with E-state index in [9.17, 15) is 4.79 Å². The SMILES string of the molecule is Cc1occc1-c1nnc(SCC(=O)NC2CCN(Cc3ccccc3)C2)o1. The van der Waals surface area contributed by atoms with Gasteiger partial charge < -0.3 is 14.2 Å². The number of nitrogens with one attached hydrogen (secondary N) is 1. The molecule has 7 nitrogen and oxygen atoms in total. The quantitative estimate of drug-likeness (QED) is 0.612. The van der Waals surface area contributed by atoms with Gasteiger partial charge in [-0.05, 0) is 25.0 Å². The van der Waals surface area contributed by atoms with Crippen LogP contribution in [0.3, 0.4) is 0 Å². The van der Waals surface area contributed by atoms with E-state index in [0.29, 0.717) is 11.1 Å². The third-order valence-corrected chi connectivity index (χ3v) is 5.53. The zero-order valence-electron chi connectivity index (χ0n) is 15.6. The van der Waals surface area contributed by atoms with Gasteiger partial charge in [0.25, 0.3) is 11.1 Å². The molecule has 28 heavy (non-hydrogen) atoms. The van der Waals surface area contributed by atoms with Gasteiger partial charge in [0.05, 0.1) is 17.6 Å². The number of hydrogen-bond donors (Lipinski definition) is 1. The molecule has 8 heteroatoms. The first-order valence-electron chi connectivity index (χ1n) is 9.24. The Labute approximate surface area is 167 Å². The molecule has 0 spiro atoms. The Hall–Kier alpha value is -2.58. The van der Waals surface area contributed by atoms with Crippen LogP contribution in [0, 0.1) is 6.92 Å². The van der Waals surface area contributed by atoms with Crippen LogP contribution in [0.4, 0.5) is 0 Å². The number of carbonyl (C=O) groups is 1. The average molecular weight is 398 g/mol. The molecule has 1 saturated heterocycles. The number of aryl methyl sites for hydroxylation is 1. The number of nitrogens with zero attached hydrogens (tertiary/aromatic N) is 3. The number of aromatic nitrogens is 2. The number of rotatable bonds is 7. The molecule has 3 heterocycles. The number of benzene rings is 1. The molecule has 1 aliphatic rings. The van der Waals surface area contributed by atoms with Crippen LogP contribution in [-0.2, 0) is 11.3 Å². The van der Waals surface area contributed by atoms with E-state index in [2.05, 4.69) is 44.7 Å². The topological polar surface area (TPSA) is 84.4 Å². The number of hydrogen-bond acceptors (Lipinski definition) is 7. The van der Waals surface area contributed by atoms with Crippen LogP contribution in [0.2, 0.25) is 0 Å². The normalized spacial score (nSPS) is 17.1. The lowest BCUT2D eigenvalue weighted by Gasteiger charge is -2.16. The van der Waals surface area contributed by atoms with E-state index >= 15 is 0 Å². The van der Waals surface area contributed by atoms with Crippen LogP contribution < -0.4 is 5.32 Å². The Morgan fingerprint density at radius 1 is 1.29 bits per heavy atom. The standard InChI is InChI=1S/C20H22N4O3S/c1-14-17(8-10-26-14)19-22-23-20(27-19)28-13-18(25)21-16-7-9-24(12-16)11-15-5-3-2-4-6-15/h2-6,8,10,16H,7,9,11-13H2,1H3,(H,21,25). The number of amides is 1. The second kappa shape index (κ2) is 8.62. The predicted molar refractivity (Wildman–Crippen MR) is 106 cm³/mol. The zero-order valence-corrected chi connectivity index (χ0v) is 16.4. The molecule has 0 bridgehead atoms. The molecule has 1 fully saturated rings. The molecule has 0 saturated carbocycles. The summed E-state index contributed by atoms with van der Waals surface area (Å²) in [4.78, 5) is 14.6.